The van der Waals surface area contributed by atoms with Crippen molar-refractivity contribution in [3.63, 3.8) is 0 Å². The molecule has 0 amide bonds. The Bertz CT molecular complexity index is 1290. The van der Waals surface area contributed by atoms with E-state index in [2.05, 4.69) is 9.97 Å². The van der Waals surface area contributed by atoms with Gasteiger partial charge in [-0.1, -0.05) is 0 Å². The van der Waals surface area contributed by atoms with Crippen LogP contribution >= 0.6 is 0 Å². The van der Waals surface area contributed by atoms with Crippen LogP contribution in [0.1, 0.15) is 20.7 Å². The van der Waals surface area contributed by atoms with Crippen LogP contribution in [0.25, 0.3) is 43.6 Å². The molecule has 4 N–H and O–H groups in total. The van der Waals surface area contributed by atoms with Crippen molar-refractivity contribution in [3.8, 4) is 0 Å². The molecule has 0 fully saturated rings. The quantitative estimate of drug-likeness (QED) is 0.382. The highest BCUT2D eigenvalue weighted by Gasteiger charge is 2.13. The Morgan fingerprint density at radius 2 is 1.00 bits per heavy atom. The number of aromatic nitrogens is 2. The second kappa shape index (κ2) is 4.86. The van der Waals surface area contributed by atoms with Crippen LogP contribution in [-0.4, -0.2) is 32.1 Å². The summed E-state index contributed by atoms with van der Waals surface area (Å²) in [5, 5.41) is 21.9. The van der Waals surface area contributed by atoms with Crippen LogP contribution in [0.3, 0.4) is 0 Å². The fraction of sp³-hybridized carbons (Fsp3) is 0. The Morgan fingerprint density at radius 3 is 1.42 bits per heavy atom. The number of carboxylic acids is 2. The topological polar surface area (TPSA) is 106 Å². The van der Waals surface area contributed by atoms with Crippen LogP contribution in [0.2, 0.25) is 0 Å². The molecule has 0 saturated carbocycles. The molecular weight excluding hydrogens is 332 g/mol. The van der Waals surface area contributed by atoms with Crippen molar-refractivity contribution in [1.82, 2.24) is 9.97 Å². The Labute approximate surface area is 145 Å². The third-order valence-electron chi connectivity index (χ3n) is 4.81. The summed E-state index contributed by atoms with van der Waals surface area (Å²) in [4.78, 5) is 29.2. The number of hydrogen-bond acceptors (Lipinski definition) is 2. The Morgan fingerprint density at radius 1 is 0.577 bits per heavy atom. The SMILES string of the molecule is O=C(O)c1ccc2[nH]c3cc4[nH]c5ccc(C(=O)O)cc5c4cc3c2c1. The number of fused-ring (bicyclic) bond motifs is 6. The van der Waals surface area contributed by atoms with Crippen molar-refractivity contribution >= 4 is 55.6 Å². The lowest BCUT2D eigenvalue weighted by molar-refractivity contribution is 0.0686. The minimum atomic E-state index is -0.972. The number of nitrogens with one attached hydrogen (secondary N) is 2. The van der Waals surface area contributed by atoms with Gasteiger partial charge in [0, 0.05) is 43.6 Å². The first-order chi connectivity index (χ1) is 12.5. The number of aromatic amines is 2. The van der Waals surface area contributed by atoms with Crippen molar-refractivity contribution in [2.75, 3.05) is 0 Å². The van der Waals surface area contributed by atoms with E-state index >= 15 is 0 Å². The van der Waals surface area contributed by atoms with Crippen LogP contribution in [0.15, 0.2) is 48.5 Å². The average molecular weight is 344 g/mol. The first kappa shape index (κ1) is 14.5. The monoisotopic (exact) mass is 344 g/mol. The van der Waals surface area contributed by atoms with Gasteiger partial charge in [0.15, 0.2) is 0 Å². The molecule has 0 saturated heterocycles. The van der Waals surface area contributed by atoms with E-state index in [-0.39, 0.29) is 11.1 Å². The minimum absolute atomic E-state index is 0.227. The van der Waals surface area contributed by atoms with E-state index < -0.39 is 11.9 Å². The van der Waals surface area contributed by atoms with E-state index in [1.165, 1.54) is 0 Å². The number of rotatable bonds is 2. The first-order valence-electron chi connectivity index (χ1n) is 7.99. The van der Waals surface area contributed by atoms with Gasteiger partial charge in [-0.15, -0.1) is 0 Å². The fourth-order valence-electron chi connectivity index (χ4n) is 3.56. The number of H-pyrrole nitrogens is 2. The van der Waals surface area contributed by atoms with Gasteiger partial charge >= 0.3 is 11.9 Å². The number of hydrogen-bond donors (Lipinski definition) is 4. The average Bonchev–Trinajstić information content (AvgIpc) is 3.15. The second-order valence-electron chi connectivity index (χ2n) is 6.32. The van der Waals surface area contributed by atoms with Crippen LogP contribution in [0.5, 0.6) is 0 Å². The number of aromatic carboxylic acids is 2. The maximum atomic E-state index is 11.3. The molecule has 0 aliphatic heterocycles. The van der Waals surface area contributed by atoms with Gasteiger partial charge in [0.05, 0.1) is 11.1 Å². The van der Waals surface area contributed by atoms with Gasteiger partial charge in [0.1, 0.15) is 0 Å². The highest BCUT2D eigenvalue weighted by Crippen LogP contribution is 2.34. The number of carbonyl (C=O) groups is 2. The van der Waals surface area contributed by atoms with Crippen LogP contribution in [0.4, 0.5) is 0 Å². The van der Waals surface area contributed by atoms with Crippen molar-refractivity contribution in [1.29, 1.82) is 0 Å². The van der Waals surface area contributed by atoms with Gasteiger partial charge in [0.25, 0.3) is 0 Å². The lowest BCUT2D eigenvalue weighted by Gasteiger charge is -1.97. The van der Waals surface area contributed by atoms with Gasteiger partial charge in [-0.2, -0.15) is 0 Å². The summed E-state index contributed by atoms with van der Waals surface area (Å²) in [6.45, 7) is 0. The van der Waals surface area contributed by atoms with Gasteiger partial charge in [-0.25, -0.2) is 9.59 Å². The van der Waals surface area contributed by atoms with Crippen molar-refractivity contribution in [2.45, 2.75) is 0 Å². The maximum Gasteiger partial charge on any atom is 0.335 e. The third kappa shape index (κ3) is 1.92. The van der Waals surface area contributed by atoms with E-state index in [1.54, 1.807) is 36.4 Å². The molecule has 0 aliphatic rings. The minimum Gasteiger partial charge on any atom is -0.478 e. The van der Waals surface area contributed by atoms with Gasteiger partial charge in [-0.05, 0) is 48.5 Å². The summed E-state index contributed by atoms with van der Waals surface area (Å²) in [6.07, 6.45) is 0. The van der Waals surface area contributed by atoms with Crippen molar-refractivity contribution in [2.24, 2.45) is 0 Å². The molecule has 0 radical (unpaired) electrons. The zero-order valence-corrected chi connectivity index (χ0v) is 13.3. The lowest BCUT2D eigenvalue weighted by atomic mass is 10.1. The van der Waals surface area contributed by atoms with Gasteiger partial charge < -0.3 is 20.2 Å². The Balaban J connectivity index is 1.89. The van der Waals surface area contributed by atoms with Crippen LogP contribution in [0, 0.1) is 0 Å². The van der Waals surface area contributed by atoms with Crippen molar-refractivity contribution < 1.29 is 19.8 Å². The lowest BCUT2D eigenvalue weighted by Crippen LogP contribution is -1.94. The molecule has 0 unspecified atom stereocenters. The van der Waals surface area contributed by atoms with Gasteiger partial charge in [0.2, 0.25) is 0 Å². The number of carboxylic acid groups (broad SMARTS) is 2. The predicted octanol–water partition coefficient (Wildman–Crippen LogP) is 4.35. The molecule has 5 aromatic rings. The van der Waals surface area contributed by atoms with Crippen LogP contribution < -0.4 is 0 Å². The molecule has 0 aliphatic carbocycles. The van der Waals surface area contributed by atoms with Gasteiger partial charge in [-0.3, -0.25) is 0 Å². The zero-order valence-electron chi connectivity index (χ0n) is 13.3. The molecule has 26 heavy (non-hydrogen) atoms. The van der Waals surface area contributed by atoms with E-state index in [0.717, 1.165) is 43.6 Å². The summed E-state index contributed by atoms with van der Waals surface area (Å²) < 4.78 is 0. The Hall–Kier alpha value is -3.80. The van der Waals surface area contributed by atoms with E-state index in [1.807, 2.05) is 12.1 Å². The largest absolute Gasteiger partial charge is 0.478 e. The molecule has 2 aromatic heterocycles. The summed E-state index contributed by atoms with van der Waals surface area (Å²) in [7, 11) is 0. The van der Waals surface area contributed by atoms with E-state index in [4.69, 9.17) is 0 Å². The van der Waals surface area contributed by atoms with Crippen molar-refractivity contribution in [3.05, 3.63) is 59.7 Å². The summed E-state index contributed by atoms with van der Waals surface area (Å²) in [5.41, 5.74) is 3.94. The highest BCUT2D eigenvalue weighted by atomic mass is 16.4. The summed E-state index contributed by atoms with van der Waals surface area (Å²) in [5.74, 6) is -1.94. The molecule has 126 valence electrons. The molecule has 6 heteroatoms. The molecule has 0 bridgehead atoms. The Kier molecular flexibility index (Phi) is 2.72. The molecule has 3 aromatic carbocycles. The summed E-state index contributed by atoms with van der Waals surface area (Å²) in [6, 6.07) is 13.9. The molecule has 5 rings (SSSR count). The summed E-state index contributed by atoms with van der Waals surface area (Å²) >= 11 is 0. The molecular formula is C20H12N2O4. The number of benzene rings is 3. The molecule has 0 spiro atoms. The van der Waals surface area contributed by atoms with E-state index in [0.29, 0.717) is 0 Å². The van der Waals surface area contributed by atoms with Crippen LogP contribution in [-0.2, 0) is 0 Å². The normalized spacial score (nSPS) is 11.7. The molecule has 0 atom stereocenters. The third-order valence-corrected chi connectivity index (χ3v) is 4.81. The first-order valence-corrected chi connectivity index (χ1v) is 7.99. The molecule has 2 heterocycles. The standard InChI is InChI=1S/C20H12N2O4/c23-19(24)9-1-3-15-11(5-9)13-7-14-12-6-10(20(25)26)2-4-16(12)22-18(14)8-17(13)21-15/h1-8,21-22H,(H,23,24)(H,25,26). The van der Waals surface area contributed by atoms with E-state index in [9.17, 15) is 19.8 Å². The zero-order chi connectivity index (χ0) is 18.0. The smallest absolute Gasteiger partial charge is 0.335 e. The predicted molar refractivity (Wildman–Crippen MR) is 99.1 cm³/mol. The maximum absolute atomic E-state index is 11.3. The fourth-order valence-corrected chi connectivity index (χ4v) is 3.56. The second-order valence-corrected chi connectivity index (χ2v) is 6.32. The molecule has 6 nitrogen and oxygen atoms in total. The highest BCUT2D eigenvalue weighted by molar-refractivity contribution is 6.18.